The molecule has 2 aliphatic carbocycles. The van der Waals surface area contributed by atoms with Crippen molar-refractivity contribution in [3.8, 4) is 5.88 Å². The van der Waals surface area contributed by atoms with Crippen LogP contribution in [0.15, 0.2) is 6.33 Å². The quantitative estimate of drug-likeness (QED) is 0.932. The fraction of sp³-hybridized carbons (Fsp3) is 0.588. The summed E-state index contributed by atoms with van der Waals surface area (Å²) in [4.78, 5) is 22.5. The van der Waals surface area contributed by atoms with Crippen molar-refractivity contribution in [2.45, 2.75) is 63.4 Å². The normalized spacial score (nSPS) is 21.5. The SMILES string of the molecule is NC(=O)C[C@H]1CCc2sc3ncnc(OC4CCCCC4)c3c21. The van der Waals surface area contributed by atoms with Gasteiger partial charge in [0.1, 0.15) is 17.3 Å². The van der Waals surface area contributed by atoms with Crippen LogP contribution < -0.4 is 10.5 Å². The van der Waals surface area contributed by atoms with Gasteiger partial charge in [-0.05, 0) is 50.0 Å². The number of hydrogen-bond acceptors (Lipinski definition) is 5. The number of thiophene rings is 1. The topological polar surface area (TPSA) is 78.1 Å². The van der Waals surface area contributed by atoms with Crippen LogP contribution in [0.25, 0.3) is 10.2 Å². The van der Waals surface area contributed by atoms with Crippen molar-refractivity contribution in [2.75, 3.05) is 0 Å². The molecule has 1 saturated carbocycles. The molecule has 6 heteroatoms. The zero-order valence-corrected chi connectivity index (χ0v) is 13.9. The molecule has 2 aliphatic rings. The number of nitrogens with two attached hydrogens (primary N) is 1. The lowest BCUT2D eigenvalue weighted by Gasteiger charge is -2.23. The minimum atomic E-state index is -0.242. The highest BCUT2D eigenvalue weighted by Gasteiger charge is 2.31. The smallest absolute Gasteiger partial charge is 0.225 e. The largest absolute Gasteiger partial charge is 0.474 e. The second-order valence-corrected chi connectivity index (χ2v) is 7.67. The van der Waals surface area contributed by atoms with Crippen molar-refractivity contribution < 1.29 is 9.53 Å². The molecule has 0 bridgehead atoms. The highest BCUT2D eigenvalue weighted by Crippen LogP contribution is 2.47. The van der Waals surface area contributed by atoms with E-state index in [9.17, 15) is 4.79 Å². The third-order valence-corrected chi connectivity index (χ3v) is 6.15. The number of carbonyl (C=O) groups excluding carboxylic acids is 1. The minimum absolute atomic E-state index is 0.191. The van der Waals surface area contributed by atoms with Crippen LogP contribution in [0.5, 0.6) is 5.88 Å². The maximum absolute atomic E-state index is 11.4. The van der Waals surface area contributed by atoms with Gasteiger partial charge in [0.25, 0.3) is 0 Å². The number of primary amides is 1. The van der Waals surface area contributed by atoms with Gasteiger partial charge >= 0.3 is 0 Å². The van der Waals surface area contributed by atoms with Gasteiger partial charge in [0, 0.05) is 11.3 Å². The summed E-state index contributed by atoms with van der Waals surface area (Å²) < 4.78 is 6.24. The molecule has 4 rings (SSSR count). The summed E-state index contributed by atoms with van der Waals surface area (Å²) in [6.45, 7) is 0. The third kappa shape index (κ3) is 2.80. The molecule has 1 amide bonds. The van der Waals surface area contributed by atoms with Crippen molar-refractivity contribution in [1.29, 1.82) is 0 Å². The van der Waals surface area contributed by atoms with Gasteiger partial charge < -0.3 is 10.5 Å². The second-order valence-electron chi connectivity index (χ2n) is 6.58. The number of nitrogens with zero attached hydrogens (tertiary/aromatic N) is 2. The zero-order chi connectivity index (χ0) is 15.8. The second kappa shape index (κ2) is 6.07. The van der Waals surface area contributed by atoms with Gasteiger partial charge in [0.05, 0.1) is 5.39 Å². The Kier molecular flexibility index (Phi) is 3.93. The molecule has 1 fully saturated rings. The number of carbonyl (C=O) groups is 1. The lowest BCUT2D eigenvalue weighted by Crippen LogP contribution is -2.20. The number of amides is 1. The molecule has 5 nitrogen and oxygen atoms in total. The van der Waals surface area contributed by atoms with Crippen LogP contribution in [0, 0.1) is 0 Å². The summed E-state index contributed by atoms with van der Waals surface area (Å²) in [5.74, 6) is 0.653. The molecule has 23 heavy (non-hydrogen) atoms. The Hall–Kier alpha value is -1.69. The van der Waals surface area contributed by atoms with Crippen LogP contribution in [-0.2, 0) is 11.2 Å². The first kappa shape index (κ1) is 14.9. The number of aryl methyl sites for hydroxylation is 1. The van der Waals surface area contributed by atoms with E-state index in [-0.39, 0.29) is 17.9 Å². The van der Waals surface area contributed by atoms with Gasteiger partial charge in [-0.15, -0.1) is 11.3 Å². The van der Waals surface area contributed by atoms with Gasteiger partial charge in [-0.25, -0.2) is 9.97 Å². The van der Waals surface area contributed by atoms with Gasteiger partial charge in [-0.2, -0.15) is 0 Å². The first-order chi connectivity index (χ1) is 11.2. The molecule has 122 valence electrons. The summed E-state index contributed by atoms with van der Waals surface area (Å²) in [5.41, 5.74) is 6.65. The summed E-state index contributed by atoms with van der Waals surface area (Å²) in [5, 5.41) is 1.03. The Labute approximate surface area is 139 Å². The maximum atomic E-state index is 11.4. The van der Waals surface area contributed by atoms with Crippen LogP contribution in [0.4, 0.5) is 0 Å². The molecule has 2 aromatic rings. The van der Waals surface area contributed by atoms with E-state index >= 15 is 0 Å². The number of ether oxygens (including phenoxy) is 1. The van der Waals surface area contributed by atoms with Crippen LogP contribution in [0.3, 0.4) is 0 Å². The van der Waals surface area contributed by atoms with Gasteiger partial charge in [-0.1, -0.05) is 6.42 Å². The molecular weight excluding hydrogens is 310 g/mol. The van der Waals surface area contributed by atoms with E-state index < -0.39 is 0 Å². The maximum Gasteiger partial charge on any atom is 0.225 e. The predicted octanol–water partition coefficient (Wildman–Crippen LogP) is 3.31. The molecule has 0 radical (unpaired) electrons. The number of hydrogen-bond donors (Lipinski definition) is 1. The first-order valence-electron chi connectivity index (χ1n) is 8.43. The fourth-order valence-corrected chi connectivity index (χ4v) is 5.15. The molecule has 2 aromatic heterocycles. The Bertz CT molecular complexity index is 737. The van der Waals surface area contributed by atoms with Crippen LogP contribution in [-0.4, -0.2) is 22.0 Å². The molecular formula is C17H21N3O2S. The predicted molar refractivity (Wildman–Crippen MR) is 89.8 cm³/mol. The van der Waals surface area contributed by atoms with Crippen LogP contribution >= 0.6 is 11.3 Å². The van der Waals surface area contributed by atoms with E-state index in [2.05, 4.69) is 9.97 Å². The number of rotatable bonds is 4. The van der Waals surface area contributed by atoms with E-state index in [0.29, 0.717) is 12.3 Å². The third-order valence-electron chi connectivity index (χ3n) is 4.97. The van der Waals surface area contributed by atoms with E-state index in [4.69, 9.17) is 10.5 Å². The first-order valence-corrected chi connectivity index (χ1v) is 9.25. The minimum Gasteiger partial charge on any atom is -0.474 e. The van der Waals surface area contributed by atoms with E-state index in [0.717, 1.165) is 35.9 Å². The number of fused-ring (bicyclic) bond motifs is 3. The molecule has 0 saturated heterocycles. The molecule has 0 spiro atoms. The summed E-state index contributed by atoms with van der Waals surface area (Å²) in [7, 11) is 0. The van der Waals surface area contributed by atoms with E-state index in [1.54, 1.807) is 17.7 Å². The molecule has 0 aromatic carbocycles. The van der Waals surface area contributed by atoms with E-state index in [1.807, 2.05) is 0 Å². The molecule has 0 aliphatic heterocycles. The highest BCUT2D eigenvalue weighted by molar-refractivity contribution is 7.19. The summed E-state index contributed by atoms with van der Waals surface area (Å²) >= 11 is 1.71. The highest BCUT2D eigenvalue weighted by atomic mass is 32.1. The average molecular weight is 331 g/mol. The van der Waals surface area contributed by atoms with Crippen LogP contribution in [0.1, 0.15) is 61.3 Å². The molecule has 2 heterocycles. The Morgan fingerprint density at radius 1 is 1.26 bits per heavy atom. The Morgan fingerprint density at radius 3 is 2.87 bits per heavy atom. The summed E-state index contributed by atoms with van der Waals surface area (Å²) in [6.07, 6.45) is 10.2. The van der Waals surface area contributed by atoms with Crippen molar-refractivity contribution in [2.24, 2.45) is 5.73 Å². The fourth-order valence-electron chi connectivity index (χ4n) is 3.92. The summed E-state index contributed by atoms with van der Waals surface area (Å²) in [6, 6.07) is 0. The van der Waals surface area contributed by atoms with Crippen molar-refractivity contribution in [3.63, 3.8) is 0 Å². The Morgan fingerprint density at radius 2 is 2.09 bits per heavy atom. The standard InChI is InChI=1S/C17H21N3O2S/c18-13(21)8-10-6-7-12-14(10)15-16(19-9-20-17(15)23-12)22-11-4-2-1-3-5-11/h9-11H,1-8H2,(H2,18,21)/t10-/m1/s1. The average Bonchev–Trinajstić information content (AvgIpc) is 3.08. The van der Waals surface area contributed by atoms with Crippen molar-refractivity contribution in [1.82, 2.24) is 9.97 Å². The van der Waals surface area contributed by atoms with Crippen LogP contribution in [0.2, 0.25) is 0 Å². The van der Waals surface area contributed by atoms with Gasteiger partial charge in [-0.3, -0.25) is 4.79 Å². The van der Waals surface area contributed by atoms with Gasteiger partial charge in [0.2, 0.25) is 11.8 Å². The van der Waals surface area contributed by atoms with Crippen molar-refractivity contribution in [3.05, 3.63) is 16.8 Å². The van der Waals surface area contributed by atoms with Crippen molar-refractivity contribution >= 4 is 27.5 Å². The zero-order valence-electron chi connectivity index (χ0n) is 13.1. The van der Waals surface area contributed by atoms with Gasteiger partial charge in [0.15, 0.2) is 0 Å². The lowest BCUT2D eigenvalue weighted by atomic mass is 9.96. The number of aromatic nitrogens is 2. The van der Waals surface area contributed by atoms with E-state index in [1.165, 1.54) is 29.7 Å². The molecule has 0 unspecified atom stereocenters. The Balaban J connectivity index is 1.72. The lowest BCUT2D eigenvalue weighted by molar-refractivity contribution is -0.118. The monoisotopic (exact) mass is 331 g/mol. The molecule has 1 atom stereocenters. The molecule has 2 N–H and O–H groups in total.